The number of nitrogens with zero attached hydrogens (tertiary/aromatic N) is 3. The van der Waals surface area contributed by atoms with Crippen LogP contribution in [0.1, 0.15) is 0 Å². The molecule has 0 saturated carbocycles. The number of hydrogen-bond acceptors (Lipinski definition) is 3. The molecule has 0 amide bonds. The van der Waals surface area contributed by atoms with E-state index in [0.29, 0.717) is 0 Å². The zero-order valence-corrected chi connectivity index (χ0v) is 22.8. The lowest BCUT2D eigenvalue weighted by Gasteiger charge is -2.11. The average molecular weight is 536 g/mol. The van der Waals surface area contributed by atoms with Crippen LogP contribution in [-0.2, 0) is 0 Å². The van der Waals surface area contributed by atoms with E-state index in [1.165, 1.54) is 10.8 Å². The van der Waals surface area contributed by atoms with E-state index < -0.39 is 0 Å². The van der Waals surface area contributed by atoms with Gasteiger partial charge in [0.15, 0.2) is 5.82 Å². The highest BCUT2D eigenvalue weighted by atomic mass is 14.9. The maximum absolute atomic E-state index is 5.07. The highest BCUT2D eigenvalue weighted by molar-refractivity contribution is 6.06. The first kappa shape index (κ1) is 24.2. The molecule has 0 aliphatic carbocycles. The second kappa shape index (κ2) is 10.1. The van der Waals surface area contributed by atoms with E-state index in [9.17, 15) is 0 Å². The summed E-state index contributed by atoms with van der Waals surface area (Å²) in [5.41, 5.74) is 9.52. The number of rotatable bonds is 4. The predicted octanol–water partition coefficient (Wildman–Crippen LogP) is 10.00. The number of aromatic nitrogens is 3. The van der Waals surface area contributed by atoms with Crippen molar-refractivity contribution in [3.8, 4) is 44.9 Å². The Morgan fingerprint density at radius 3 is 1.79 bits per heavy atom. The van der Waals surface area contributed by atoms with Gasteiger partial charge in [0.05, 0.1) is 16.7 Å². The number of para-hydroxylation sites is 1. The van der Waals surface area contributed by atoms with Crippen LogP contribution in [0.25, 0.3) is 77.5 Å². The average Bonchev–Trinajstić information content (AvgIpc) is 3.08. The van der Waals surface area contributed by atoms with Gasteiger partial charge < -0.3 is 0 Å². The molecular formula is C39H25N3. The monoisotopic (exact) mass is 535 g/mol. The van der Waals surface area contributed by atoms with Crippen LogP contribution in [0.3, 0.4) is 0 Å². The molecule has 42 heavy (non-hydrogen) atoms. The summed E-state index contributed by atoms with van der Waals surface area (Å²) < 4.78 is 0. The topological polar surface area (TPSA) is 38.7 Å². The molecule has 0 aliphatic rings. The Labute approximate surface area is 243 Å². The number of hydrogen-bond donors (Lipinski definition) is 0. The normalized spacial score (nSPS) is 11.3. The van der Waals surface area contributed by atoms with Crippen molar-refractivity contribution in [2.45, 2.75) is 0 Å². The van der Waals surface area contributed by atoms with Crippen molar-refractivity contribution in [1.29, 1.82) is 0 Å². The Bertz CT molecular complexity index is 2250. The van der Waals surface area contributed by atoms with E-state index >= 15 is 0 Å². The van der Waals surface area contributed by atoms with Crippen molar-refractivity contribution in [3.05, 3.63) is 152 Å². The van der Waals surface area contributed by atoms with Gasteiger partial charge in [-0.05, 0) is 51.9 Å². The molecule has 2 heterocycles. The summed E-state index contributed by atoms with van der Waals surface area (Å²) in [4.78, 5) is 14.8. The zero-order valence-electron chi connectivity index (χ0n) is 22.8. The third-order valence-corrected chi connectivity index (χ3v) is 7.89. The molecule has 0 unspecified atom stereocenters. The minimum absolute atomic E-state index is 0.721. The fraction of sp³-hybridized carbons (Fsp3) is 0. The van der Waals surface area contributed by atoms with Gasteiger partial charge in [-0.1, -0.05) is 121 Å². The van der Waals surface area contributed by atoms with Gasteiger partial charge in [-0.25, -0.2) is 9.97 Å². The van der Waals surface area contributed by atoms with Crippen LogP contribution in [0, 0.1) is 0 Å². The van der Waals surface area contributed by atoms with Crippen LogP contribution in [0.2, 0.25) is 0 Å². The Kier molecular flexibility index (Phi) is 5.79. The second-order valence-electron chi connectivity index (χ2n) is 10.5. The van der Waals surface area contributed by atoms with E-state index in [2.05, 4.69) is 115 Å². The maximum Gasteiger partial charge on any atom is 0.160 e. The molecule has 8 rings (SSSR count). The third-order valence-electron chi connectivity index (χ3n) is 7.89. The molecule has 0 spiro atoms. The van der Waals surface area contributed by atoms with E-state index in [4.69, 9.17) is 15.0 Å². The molecule has 2 aromatic heterocycles. The highest BCUT2D eigenvalue weighted by Crippen LogP contribution is 2.33. The summed E-state index contributed by atoms with van der Waals surface area (Å²) >= 11 is 0. The quantitative estimate of drug-likeness (QED) is 0.211. The molecular weight excluding hydrogens is 510 g/mol. The van der Waals surface area contributed by atoms with Crippen LogP contribution in [0.4, 0.5) is 0 Å². The maximum atomic E-state index is 5.07. The molecule has 196 valence electrons. The van der Waals surface area contributed by atoms with Crippen molar-refractivity contribution >= 4 is 32.6 Å². The van der Waals surface area contributed by atoms with E-state index in [-0.39, 0.29) is 0 Å². The predicted molar refractivity (Wildman–Crippen MR) is 174 cm³/mol. The summed E-state index contributed by atoms with van der Waals surface area (Å²) in [6, 6.07) is 50.7. The molecule has 0 fully saturated rings. The zero-order chi connectivity index (χ0) is 27.9. The largest absolute Gasteiger partial charge is 0.256 e. The fourth-order valence-corrected chi connectivity index (χ4v) is 5.78. The Hall–Kier alpha value is -5.67. The molecule has 0 saturated heterocycles. The fourth-order valence-electron chi connectivity index (χ4n) is 5.78. The number of benzene rings is 6. The van der Waals surface area contributed by atoms with Gasteiger partial charge >= 0.3 is 0 Å². The molecule has 0 bridgehead atoms. The molecule has 0 aliphatic heterocycles. The number of pyridine rings is 1. The lowest BCUT2D eigenvalue weighted by molar-refractivity contribution is 1.23. The van der Waals surface area contributed by atoms with Crippen molar-refractivity contribution in [3.63, 3.8) is 0 Å². The van der Waals surface area contributed by atoms with E-state index in [1.54, 1.807) is 0 Å². The smallest absolute Gasteiger partial charge is 0.160 e. The van der Waals surface area contributed by atoms with E-state index in [1.807, 2.05) is 36.5 Å². The van der Waals surface area contributed by atoms with Gasteiger partial charge in [-0.3, -0.25) is 4.98 Å². The van der Waals surface area contributed by atoms with Crippen LogP contribution < -0.4 is 0 Å². The number of fused-ring (bicyclic) bond motifs is 4. The Morgan fingerprint density at radius 1 is 0.357 bits per heavy atom. The van der Waals surface area contributed by atoms with Crippen LogP contribution in [0.5, 0.6) is 0 Å². The van der Waals surface area contributed by atoms with Gasteiger partial charge in [-0.15, -0.1) is 0 Å². The van der Waals surface area contributed by atoms with Gasteiger partial charge in [-0.2, -0.15) is 0 Å². The van der Waals surface area contributed by atoms with Crippen molar-refractivity contribution in [2.24, 2.45) is 0 Å². The van der Waals surface area contributed by atoms with Crippen LogP contribution in [0.15, 0.2) is 152 Å². The van der Waals surface area contributed by atoms with Gasteiger partial charge in [0.1, 0.15) is 0 Å². The van der Waals surface area contributed by atoms with Gasteiger partial charge in [0, 0.05) is 33.5 Å². The molecule has 0 atom stereocenters. The lowest BCUT2D eigenvalue weighted by atomic mass is 9.96. The molecule has 0 radical (unpaired) electrons. The van der Waals surface area contributed by atoms with Gasteiger partial charge in [0.25, 0.3) is 0 Å². The third kappa shape index (κ3) is 4.29. The lowest BCUT2D eigenvalue weighted by Crippen LogP contribution is -1.95. The second-order valence-corrected chi connectivity index (χ2v) is 10.5. The summed E-state index contributed by atoms with van der Waals surface area (Å²) in [5, 5.41) is 4.61. The first-order valence-electron chi connectivity index (χ1n) is 14.1. The summed E-state index contributed by atoms with van der Waals surface area (Å²) in [6.07, 6.45) is 1.96. The molecule has 6 aromatic carbocycles. The standard InChI is InChI=1S/C39H25N3/c1-2-10-26(11-3-1)38-35-18-6-7-19-36(35)41-39(42-38)31-16-9-15-29(23-31)27-13-8-14-28(22-27)30-20-21-34-33-17-5-4-12-32(33)25-40-37(34)24-30/h1-25H. The molecule has 3 nitrogen and oxygen atoms in total. The Balaban J connectivity index is 1.20. The SMILES string of the molecule is c1ccc(-c2nc(-c3cccc(-c4cccc(-c5ccc6c(c5)ncc5ccccc56)c4)c3)nc3ccccc23)cc1. The molecule has 0 N–H and O–H groups in total. The first-order chi connectivity index (χ1) is 20.8. The van der Waals surface area contributed by atoms with Crippen molar-refractivity contribution < 1.29 is 0 Å². The highest BCUT2D eigenvalue weighted by Gasteiger charge is 2.12. The minimum Gasteiger partial charge on any atom is -0.256 e. The summed E-state index contributed by atoms with van der Waals surface area (Å²) in [5.74, 6) is 0.721. The molecule has 3 heteroatoms. The summed E-state index contributed by atoms with van der Waals surface area (Å²) in [7, 11) is 0. The molecule has 8 aromatic rings. The van der Waals surface area contributed by atoms with Crippen molar-refractivity contribution in [2.75, 3.05) is 0 Å². The van der Waals surface area contributed by atoms with E-state index in [0.717, 1.165) is 66.7 Å². The van der Waals surface area contributed by atoms with Crippen LogP contribution in [-0.4, -0.2) is 15.0 Å². The summed E-state index contributed by atoms with van der Waals surface area (Å²) in [6.45, 7) is 0. The first-order valence-corrected chi connectivity index (χ1v) is 14.1. The van der Waals surface area contributed by atoms with Crippen molar-refractivity contribution in [1.82, 2.24) is 15.0 Å². The van der Waals surface area contributed by atoms with Crippen LogP contribution >= 0.6 is 0 Å². The van der Waals surface area contributed by atoms with Gasteiger partial charge in [0.2, 0.25) is 0 Å². The Morgan fingerprint density at radius 2 is 0.976 bits per heavy atom. The minimum atomic E-state index is 0.721.